The van der Waals surface area contributed by atoms with E-state index in [9.17, 15) is 9.59 Å². The van der Waals surface area contributed by atoms with Crippen molar-refractivity contribution in [3.63, 3.8) is 0 Å². The molecule has 3 N–H and O–H groups in total. The molecule has 1 fully saturated rings. The van der Waals surface area contributed by atoms with Gasteiger partial charge in [0.05, 0.1) is 12.5 Å². The van der Waals surface area contributed by atoms with Crippen molar-refractivity contribution in [1.29, 1.82) is 0 Å². The van der Waals surface area contributed by atoms with Crippen LogP contribution in [0.5, 0.6) is 0 Å². The Hall–Kier alpha value is -1.59. The molecule has 22 heavy (non-hydrogen) atoms. The molecule has 1 atom stereocenters. The number of piperidine rings is 1. The molecule has 1 unspecified atom stereocenters. The molecule has 6 heteroatoms. The summed E-state index contributed by atoms with van der Waals surface area (Å²) in [5.41, 5.74) is 6.58. The van der Waals surface area contributed by atoms with E-state index in [2.05, 4.69) is 5.32 Å². The Morgan fingerprint density at radius 1 is 1.14 bits per heavy atom. The average Bonchev–Trinajstić information content (AvgIpc) is 2.55. The summed E-state index contributed by atoms with van der Waals surface area (Å²) in [5, 5.41) is 2.72. The molecule has 2 amide bonds. The highest BCUT2D eigenvalue weighted by atomic mass is 35.5. The van der Waals surface area contributed by atoms with E-state index < -0.39 is 5.92 Å². The minimum absolute atomic E-state index is 0. The fourth-order valence-electron chi connectivity index (χ4n) is 2.62. The molecule has 5 nitrogen and oxygen atoms in total. The summed E-state index contributed by atoms with van der Waals surface area (Å²) >= 11 is 0. The van der Waals surface area contributed by atoms with Gasteiger partial charge in [0.15, 0.2) is 0 Å². The van der Waals surface area contributed by atoms with Crippen molar-refractivity contribution in [2.45, 2.75) is 25.2 Å². The van der Waals surface area contributed by atoms with Crippen LogP contribution in [0.3, 0.4) is 0 Å². The van der Waals surface area contributed by atoms with E-state index in [4.69, 9.17) is 5.73 Å². The maximum Gasteiger partial charge on any atom is 0.241 e. The first-order chi connectivity index (χ1) is 10.2. The minimum atomic E-state index is -0.402. The van der Waals surface area contributed by atoms with Crippen molar-refractivity contribution in [2.75, 3.05) is 26.2 Å². The van der Waals surface area contributed by atoms with Crippen molar-refractivity contribution in [1.82, 2.24) is 10.2 Å². The molecule has 1 saturated heterocycles. The number of nitrogens with two attached hydrogens (primary N) is 1. The highest BCUT2D eigenvalue weighted by Crippen LogP contribution is 2.14. The first kappa shape index (κ1) is 18.5. The number of likely N-dealkylation sites (tertiary alicyclic amines) is 1. The fourth-order valence-corrected chi connectivity index (χ4v) is 2.62. The third-order valence-corrected chi connectivity index (χ3v) is 3.88. The number of halogens is 1. The largest absolute Gasteiger partial charge is 0.346 e. The summed E-state index contributed by atoms with van der Waals surface area (Å²) in [6, 6.07) is 9.41. The van der Waals surface area contributed by atoms with Crippen LogP contribution in [0.25, 0.3) is 0 Å². The zero-order chi connectivity index (χ0) is 15.1. The van der Waals surface area contributed by atoms with Crippen molar-refractivity contribution in [2.24, 2.45) is 5.73 Å². The molecular formula is C16H24ClN3O2. The maximum absolute atomic E-state index is 12.2. The van der Waals surface area contributed by atoms with Gasteiger partial charge in [-0.3, -0.25) is 9.59 Å². The van der Waals surface area contributed by atoms with Crippen molar-refractivity contribution < 1.29 is 9.59 Å². The fraction of sp³-hybridized carbons (Fsp3) is 0.500. The zero-order valence-electron chi connectivity index (χ0n) is 12.7. The summed E-state index contributed by atoms with van der Waals surface area (Å²) in [6.07, 6.45) is 3.28. The predicted molar refractivity (Wildman–Crippen MR) is 88.9 cm³/mol. The predicted octanol–water partition coefficient (Wildman–Crippen LogP) is 1.28. The SMILES string of the molecule is Cl.NCC(C(=O)NCC(=O)N1CCCCC1)c1ccccc1. The molecule has 0 spiro atoms. The normalized spacial score (nSPS) is 15.6. The van der Waals surface area contributed by atoms with Crippen molar-refractivity contribution in [3.8, 4) is 0 Å². The molecule has 1 aliphatic rings. The third kappa shape index (κ3) is 5.00. The number of amides is 2. The minimum Gasteiger partial charge on any atom is -0.346 e. The molecular weight excluding hydrogens is 302 g/mol. The van der Waals surface area contributed by atoms with Gasteiger partial charge in [0.25, 0.3) is 0 Å². The maximum atomic E-state index is 12.2. The Kier molecular flexibility index (Phi) is 7.91. The van der Waals surface area contributed by atoms with Crippen LogP contribution in [0.2, 0.25) is 0 Å². The number of nitrogens with one attached hydrogen (secondary N) is 1. The van der Waals surface area contributed by atoms with Gasteiger partial charge in [0.1, 0.15) is 0 Å². The van der Waals surface area contributed by atoms with Gasteiger partial charge in [-0.05, 0) is 24.8 Å². The molecule has 1 aliphatic heterocycles. The van der Waals surface area contributed by atoms with Gasteiger partial charge in [-0.2, -0.15) is 0 Å². The third-order valence-electron chi connectivity index (χ3n) is 3.88. The first-order valence-electron chi connectivity index (χ1n) is 7.53. The first-order valence-corrected chi connectivity index (χ1v) is 7.53. The van der Waals surface area contributed by atoms with E-state index >= 15 is 0 Å². The van der Waals surface area contributed by atoms with E-state index in [1.807, 2.05) is 35.2 Å². The van der Waals surface area contributed by atoms with Crippen LogP contribution in [-0.2, 0) is 9.59 Å². The number of carbonyl (C=O) groups is 2. The summed E-state index contributed by atoms with van der Waals surface area (Å²) in [5.74, 6) is -0.596. The average molecular weight is 326 g/mol. The Labute approximate surface area is 137 Å². The highest BCUT2D eigenvalue weighted by Gasteiger charge is 2.21. The number of benzene rings is 1. The van der Waals surface area contributed by atoms with Crippen molar-refractivity contribution in [3.05, 3.63) is 35.9 Å². The molecule has 0 saturated carbocycles. The number of nitrogens with zero attached hydrogens (tertiary/aromatic N) is 1. The lowest BCUT2D eigenvalue weighted by atomic mass is 9.98. The van der Waals surface area contributed by atoms with E-state index in [0.29, 0.717) is 0 Å². The second-order valence-electron chi connectivity index (χ2n) is 5.36. The Balaban J connectivity index is 0.00000242. The van der Waals surface area contributed by atoms with Gasteiger partial charge < -0.3 is 16.0 Å². The van der Waals surface area contributed by atoms with Crippen molar-refractivity contribution >= 4 is 24.2 Å². The summed E-state index contributed by atoms with van der Waals surface area (Å²) < 4.78 is 0. The van der Waals surface area contributed by atoms with E-state index in [-0.39, 0.29) is 37.3 Å². The lowest BCUT2D eigenvalue weighted by Gasteiger charge is -2.27. The summed E-state index contributed by atoms with van der Waals surface area (Å²) in [7, 11) is 0. The molecule has 1 aromatic rings. The number of carbonyl (C=O) groups excluding carboxylic acids is 2. The molecule has 1 aromatic carbocycles. The van der Waals surface area contributed by atoms with E-state index in [1.165, 1.54) is 6.42 Å². The number of hydrogen-bond acceptors (Lipinski definition) is 3. The Bertz CT molecular complexity index is 476. The number of hydrogen-bond donors (Lipinski definition) is 2. The van der Waals surface area contributed by atoms with Crippen LogP contribution in [0.1, 0.15) is 30.7 Å². The van der Waals surface area contributed by atoms with Crippen LogP contribution in [0.15, 0.2) is 30.3 Å². The molecule has 0 radical (unpaired) electrons. The highest BCUT2D eigenvalue weighted by molar-refractivity contribution is 5.88. The second kappa shape index (κ2) is 9.43. The van der Waals surface area contributed by atoms with Crippen LogP contribution >= 0.6 is 12.4 Å². The summed E-state index contributed by atoms with van der Waals surface area (Å²) in [4.78, 5) is 26.1. The Morgan fingerprint density at radius 2 is 1.77 bits per heavy atom. The molecule has 0 bridgehead atoms. The van der Waals surface area contributed by atoms with Gasteiger partial charge in [-0.1, -0.05) is 30.3 Å². The van der Waals surface area contributed by atoms with E-state index in [1.54, 1.807) is 0 Å². The zero-order valence-corrected chi connectivity index (χ0v) is 13.5. The van der Waals surface area contributed by atoms with Gasteiger partial charge >= 0.3 is 0 Å². The molecule has 0 aliphatic carbocycles. The molecule has 1 heterocycles. The lowest BCUT2D eigenvalue weighted by Crippen LogP contribution is -2.44. The lowest BCUT2D eigenvalue weighted by molar-refractivity contribution is -0.133. The van der Waals surface area contributed by atoms with Gasteiger partial charge in [-0.25, -0.2) is 0 Å². The molecule has 2 rings (SSSR count). The van der Waals surface area contributed by atoms with Gasteiger partial charge in [-0.15, -0.1) is 12.4 Å². The standard InChI is InChI=1S/C16H23N3O2.ClH/c17-11-14(13-7-3-1-4-8-13)16(21)18-12-15(20)19-9-5-2-6-10-19;/h1,3-4,7-8,14H,2,5-6,9-12,17H2,(H,18,21);1H. The topological polar surface area (TPSA) is 75.4 Å². The van der Waals surface area contributed by atoms with Crippen LogP contribution in [-0.4, -0.2) is 42.9 Å². The smallest absolute Gasteiger partial charge is 0.241 e. The number of rotatable bonds is 5. The second-order valence-corrected chi connectivity index (χ2v) is 5.36. The van der Waals surface area contributed by atoms with Gasteiger partial charge in [0.2, 0.25) is 11.8 Å². The van der Waals surface area contributed by atoms with Gasteiger partial charge in [0, 0.05) is 19.6 Å². The van der Waals surface area contributed by atoms with Crippen LogP contribution in [0.4, 0.5) is 0 Å². The quantitative estimate of drug-likeness (QED) is 0.856. The Morgan fingerprint density at radius 3 is 2.36 bits per heavy atom. The molecule has 122 valence electrons. The monoisotopic (exact) mass is 325 g/mol. The van der Waals surface area contributed by atoms with Crippen LogP contribution < -0.4 is 11.1 Å². The van der Waals surface area contributed by atoms with E-state index in [0.717, 1.165) is 31.5 Å². The molecule has 0 aromatic heterocycles. The van der Waals surface area contributed by atoms with Crippen LogP contribution in [0, 0.1) is 0 Å². The summed E-state index contributed by atoms with van der Waals surface area (Å²) in [6.45, 7) is 1.89.